The molecule has 4 aliphatic heterocycles. The average molecular weight is 823 g/mol. The number of hydrogen-bond acceptors (Lipinski definition) is 12. The second-order valence-corrected chi connectivity index (χ2v) is 19.3. The first-order valence-corrected chi connectivity index (χ1v) is 22.9. The maximum atomic E-state index is 12.8. The van der Waals surface area contributed by atoms with E-state index >= 15 is 0 Å². The summed E-state index contributed by atoms with van der Waals surface area (Å²) in [5.41, 5.74) is 12.4. The van der Waals surface area contributed by atoms with Gasteiger partial charge in [0, 0.05) is 73.5 Å². The summed E-state index contributed by atoms with van der Waals surface area (Å²) in [6, 6.07) is 20.8. The highest BCUT2D eigenvalue weighted by molar-refractivity contribution is 6.02. The first-order valence-electron chi connectivity index (χ1n) is 22.9. The number of imide groups is 1. The van der Waals surface area contributed by atoms with Gasteiger partial charge in [-0.25, -0.2) is 9.97 Å². The second-order valence-electron chi connectivity index (χ2n) is 19.3. The Morgan fingerprint density at radius 3 is 2.33 bits per heavy atom. The number of phenolic OH excluding ortho intramolecular Hbond substituents is 1. The van der Waals surface area contributed by atoms with Gasteiger partial charge in [0.15, 0.2) is 5.82 Å². The minimum Gasteiger partial charge on any atom is -0.507 e. The number of likely N-dealkylation sites (tertiary alicyclic amines) is 1. The number of phenols is 1. The predicted octanol–water partition coefficient (Wildman–Crippen LogP) is 5.89. The number of nitrogen functional groups attached to an aromatic ring is 1. The van der Waals surface area contributed by atoms with Crippen LogP contribution in [0, 0.1) is 23.7 Å². The van der Waals surface area contributed by atoms with Crippen molar-refractivity contribution < 1.29 is 14.7 Å². The summed E-state index contributed by atoms with van der Waals surface area (Å²) in [5.74, 6) is 3.96. The van der Waals surface area contributed by atoms with E-state index in [1.54, 1.807) is 6.07 Å². The summed E-state index contributed by atoms with van der Waals surface area (Å²) in [6.07, 6.45) is 12.4. The van der Waals surface area contributed by atoms with Crippen molar-refractivity contribution in [3.63, 3.8) is 0 Å². The van der Waals surface area contributed by atoms with Crippen LogP contribution in [-0.4, -0.2) is 99.4 Å². The number of nitrogens with two attached hydrogens (primary N) is 1. The Hall–Kier alpha value is -5.30. The number of para-hydroxylation sites is 3. The quantitative estimate of drug-likeness (QED) is 0.190. The van der Waals surface area contributed by atoms with Crippen LogP contribution in [0.4, 0.5) is 22.9 Å². The first-order chi connectivity index (χ1) is 29.7. The topological polar surface area (TPSA) is 157 Å². The number of anilines is 4. The number of amides is 2. The maximum Gasteiger partial charge on any atom is 0.249 e. The number of nitrogens with one attached hydrogen (secondary N) is 1. The average Bonchev–Trinajstić information content (AvgIpc) is 4.22. The largest absolute Gasteiger partial charge is 0.507 e. The molecule has 7 aliphatic rings. The Morgan fingerprint density at radius 2 is 1.54 bits per heavy atom. The number of hydrogen-bond donors (Lipinski definition) is 3. The van der Waals surface area contributed by atoms with Gasteiger partial charge >= 0.3 is 0 Å². The number of fused-ring (bicyclic) bond motifs is 4. The standard InChI is InChI=1S/C48H58N10O3/c1-29-27-56(42-25-38(53-54-45(42)49)34-6-2-5-9-43(34)59)28-31-24-35(31)48(26-36(29)48)47-50-19-16-37(51-47)30-17-20-55(21-18-30)32-10-12-33(13-11-32)57-22-23-58(40-8-4-3-7-39(40)57)41-14-15-44(60)52-46(41)61/h2-9,16,19,25,29-33,35-36,41,59H,10-15,17-18,20-24,26-28H2,1H3,(H2,49,54)(H,52,60,61)/t29-,31-,32-,33+,35?,36?,41-,48?/m0/s1. The number of aromatic hydroxyl groups is 1. The second kappa shape index (κ2) is 15.3. The lowest BCUT2D eigenvalue weighted by Crippen LogP contribution is -2.57. The monoisotopic (exact) mass is 822 g/mol. The molecule has 4 N–H and O–H groups in total. The number of carbonyl (C=O) groups is 2. The summed E-state index contributed by atoms with van der Waals surface area (Å²) in [7, 11) is 0. The van der Waals surface area contributed by atoms with E-state index in [2.05, 4.69) is 78.6 Å². The van der Waals surface area contributed by atoms with E-state index in [0.29, 0.717) is 71.6 Å². The summed E-state index contributed by atoms with van der Waals surface area (Å²) >= 11 is 0. The molecule has 13 nitrogen and oxygen atoms in total. The summed E-state index contributed by atoms with van der Waals surface area (Å²) in [6.45, 7) is 8.14. The van der Waals surface area contributed by atoms with Gasteiger partial charge in [-0.1, -0.05) is 31.2 Å². The van der Waals surface area contributed by atoms with Crippen molar-refractivity contribution in [2.75, 3.05) is 59.7 Å². The fraction of sp³-hybridized carbons (Fsp3) is 0.542. The summed E-state index contributed by atoms with van der Waals surface area (Å²) in [5, 5.41) is 21.8. The number of rotatable bonds is 7. The molecule has 3 aliphatic carbocycles. The third kappa shape index (κ3) is 6.87. The molecule has 6 fully saturated rings. The third-order valence-electron chi connectivity index (χ3n) is 15.9. The van der Waals surface area contributed by atoms with Crippen molar-refractivity contribution >= 4 is 34.7 Å². The molecule has 0 spiro atoms. The van der Waals surface area contributed by atoms with Crippen LogP contribution in [0.5, 0.6) is 5.75 Å². The van der Waals surface area contributed by atoms with Crippen molar-refractivity contribution in [1.82, 2.24) is 30.4 Å². The van der Waals surface area contributed by atoms with Crippen LogP contribution in [-0.2, 0) is 15.0 Å². The fourth-order valence-corrected chi connectivity index (χ4v) is 12.6. The van der Waals surface area contributed by atoms with Gasteiger partial charge in [-0.3, -0.25) is 14.9 Å². The molecular weight excluding hydrogens is 765 g/mol. The van der Waals surface area contributed by atoms with Crippen molar-refractivity contribution in [1.29, 1.82) is 0 Å². The van der Waals surface area contributed by atoms with Crippen LogP contribution in [0.2, 0.25) is 0 Å². The third-order valence-corrected chi connectivity index (χ3v) is 15.9. The van der Waals surface area contributed by atoms with Crippen molar-refractivity contribution in [3.05, 3.63) is 78.4 Å². The SMILES string of the molecule is C[C@H]1CN(c2cc(-c3ccccc3O)nnc2N)C[C@@H]2CC2C2(c3nccc(C4CCN([C@H]5CC[C@@H](N6CCN([C@H]7CCC(=O)NC7=O)c7ccccc76)CC5)CC4)n3)CC12. The van der Waals surface area contributed by atoms with Gasteiger partial charge < -0.3 is 30.4 Å². The molecule has 4 aromatic rings. The normalized spacial score (nSPS) is 31.6. The Kier molecular flexibility index (Phi) is 9.65. The van der Waals surface area contributed by atoms with Gasteiger partial charge in [-0.15, -0.1) is 10.2 Å². The molecule has 3 saturated carbocycles. The summed E-state index contributed by atoms with van der Waals surface area (Å²) < 4.78 is 0. The lowest BCUT2D eigenvalue weighted by atomic mass is 9.85. The Labute approximate surface area is 358 Å². The summed E-state index contributed by atoms with van der Waals surface area (Å²) in [4.78, 5) is 45.2. The maximum absolute atomic E-state index is 12.8. The van der Waals surface area contributed by atoms with Crippen molar-refractivity contribution in [2.24, 2.45) is 23.7 Å². The van der Waals surface area contributed by atoms with E-state index in [1.807, 2.05) is 24.3 Å². The van der Waals surface area contributed by atoms with E-state index in [0.717, 1.165) is 75.7 Å². The van der Waals surface area contributed by atoms with Gasteiger partial charge in [-0.05, 0) is 131 Å². The molecule has 13 heteroatoms. The zero-order chi connectivity index (χ0) is 41.4. The minimum absolute atomic E-state index is 0.0760. The molecule has 3 saturated heterocycles. The molecular formula is C48H58N10O3. The van der Waals surface area contributed by atoms with E-state index in [1.165, 1.54) is 43.5 Å². The molecule has 2 aromatic carbocycles. The fourth-order valence-electron chi connectivity index (χ4n) is 12.6. The highest BCUT2D eigenvalue weighted by Crippen LogP contribution is 2.70. The van der Waals surface area contributed by atoms with Crippen LogP contribution in [0.3, 0.4) is 0 Å². The zero-order valence-electron chi connectivity index (χ0n) is 35.2. The van der Waals surface area contributed by atoms with E-state index in [9.17, 15) is 14.7 Å². The number of benzene rings is 2. The zero-order valence-corrected chi connectivity index (χ0v) is 35.2. The van der Waals surface area contributed by atoms with Crippen molar-refractivity contribution in [2.45, 2.75) is 101 Å². The Balaban J connectivity index is 0.712. The molecule has 2 amide bonds. The molecule has 0 bridgehead atoms. The van der Waals surface area contributed by atoms with Crippen LogP contribution < -0.4 is 25.8 Å². The van der Waals surface area contributed by atoms with Gasteiger partial charge in [0.25, 0.3) is 0 Å². The Morgan fingerprint density at radius 1 is 0.803 bits per heavy atom. The Bertz CT molecular complexity index is 2330. The number of carbonyl (C=O) groups excluding carboxylic acids is 2. The molecule has 0 radical (unpaired) electrons. The molecule has 2 aromatic heterocycles. The van der Waals surface area contributed by atoms with E-state index in [4.69, 9.17) is 15.7 Å². The van der Waals surface area contributed by atoms with Gasteiger partial charge in [0.05, 0.1) is 22.8 Å². The first kappa shape index (κ1) is 38.6. The van der Waals surface area contributed by atoms with Gasteiger partial charge in [-0.2, -0.15) is 0 Å². The molecule has 6 atom stereocenters. The number of piperidine rings is 2. The van der Waals surface area contributed by atoms with E-state index in [-0.39, 0.29) is 29.0 Å². The molecule has 3 unspecified atom stereocenters. The predicted molar refractivity (Wildman–Crippen MR) is 235 cm³/mol. The van der Waals surface area contributed by atoms with Gasteiger partial charge in [0.2, 0.25) is 11.8 Å². The van der Waals surface area contributed by atoms with Crippen LogP contribution in [0.15, 0.2) is 66.9 Å². The number of nitrogens with zero attached hydrogens (tertiary/aromatic N) is 8. The molecule has 6 heterocycles. The highest BCUT2D eigenvalue weighted by atomic mass is 16.3. The molecule has 11 rings (SSSR count). The van der Waals surface area contributed by atoms with E-state index < -0.39 is 0 Å². The van der Waals surface area contributed by atoms with Crippen LogP contribution in [0.1, 0.15) is 88.6 Å². The minimum atomic E-state index is -0.285. The van der Waals surface area contributed by atoms with Gasteiger partial charge in [0.1, 0.15) is 17.6 Å². The lowest BCUT2D eigenvalue weighted by Gasteiger charge is -2.48. The smallest absolute Gasteiger partial charge is 0.249 e. The van der Waals surface area contributed by atoms with Crippen molar-refractivity contribution in [3.8, 4) is 17.0 Å². The van der Waals surface area contributed by atoms with Crippen LogP contribution in [0.25, 0.3) is 11.3 Å². The molecule has 61 heavy (non-hydrogen) atoms. The van der Waals surface area contributed by atoms with Crippen LogP contribution >= 0.6 is 0 Å². The molecule has 318 valence electrons. The number of aromatic nitrogens is 4. The highest BCUT2D eigenvalue weighted by Gasteiger charge is 2.70. The lowest BCUT2D eigenvalue weighted by molar-refractivity contribution is -0.134.